The number of hydrogen-bond acceptors (Lipinski definition) is 5. The van der Waals surface area contributed by atoms with Crippen molar-refractivity contribution in [2.75, 3.05) is 13.1 Å². The Morgan fingerprint density at radius 2 is 1.84 bits per heavy atom. The molecule has 0 spiro atoms. The quantitative estimate of drug-likeness (QED) is 0.827. The third kappa shape index (κ3) is 3.93. The van der Waals surface area contributed by atoms with Crippen LogP contribution in [-0.4, -0.2) is 42.1 Å². The third-order valence-corrected chi connectivity index (χ3v) is 5.89. The van der Waals surface area contributed by atoms with Crippen molar-refractivity contribution in [1.82, 2.24) is 14.5 Å². The normalized spacial score (nSPS) is 16.8. The number of aromatic nitrogens is 2. The maximum atomic E-state index is 13.8. The molecule has 2 heterocycles. The van der Waals surface area contributed by atoms with Gasteiger partial charge in [-0.2, -0.15) is 9.40 Å². The summed E-state index contributed by atoms with van der Waals surface area (Å²) >= 11 is 0. The Hall–Kier alpha value is -2.13. The molecule has 0 N–H and O–H groups in total. The molecule has 1 aromatic carbocycles. The van der Waals surface area contributed by atoms with Gasteiger partial charge in [0.15, 0.2) is 0 Å². The van der Waals surface area contributed by atoms with Crippen LogP contribution in [0.15, 0.2) is 35.2 Å². The van der Waals surface area contributed by atoms with Crippen molar-refractivity contribution >= 4 is 10.0 Å². The SMILES string of the molecule is Cc1ccc(OC2CCN(S(=O)(=O)c3cc(F)ccc3F)CC2)nn1. The molecule has 1 aliphatic heterocycles. The van der Waals surface area contributed by atoms with Crippen LogP contribution in [0, 0.1) is 18.6 Å². The molecule has 0 atom stereocenters. The highest BCUT2D eigenvalue weighted by atomic mass is 32.2. The van der Waals surface area contributed by atoms with E-state index >= 15 is 0 Å². The smallest absolute Gasteiger partial charge is 0.246 e. The molecule has 1 aromatic heterocycles. The van der Waals surface area contributed by atoms with Crippen LogP contribution in [0.1, 0.15) is 18.5 Å². The van der Waals surface area contributed by atoms with E-state index in [2.05, 4.69) is 10.2 Å². The Bertz CT molecular complexity index is 851. The molecule has 6 nitrogen and oxygen atoms in total. The summed E-state index contributed by atoms with van der Waals surface area (Å²) in [5.41, 5.74) is 0.769. The number of nitrogens with zero attached hydrogens (tertiary/aromatic N) is 3. The molecule has 0 saturated carbocycles. The standard InChI is InChI=1S/C16H17F2N3O3S/c1-11-2-5-16(20-19-11)24-13-6-8-21(9-7-13)25(22,23)15-10-12(17)3-4-14(15)18/h2-5,10,13H,6-9H2,1H3. The first-order valence-corrected chi connectivity index (χ1v) is 9.22. The van der Waals surface area contributed by atoms with Crippen molar-refractivity contribution in [2.24, 2.45) is 0 Å². The van der Waals surface area contributed by atoms with Gasteiger partial charge in [-0.05, 0) is 44.0 Å². The molecule has 134 valence electrons. The highest BCUT2D eigenvalue weighted by molar-refractivity contribution is 7.89. The van der Waals surface area contributed by atoms with Crippen molar-refractivity contribution < 1.29 is 21.9 Å². The van der Waals surface area contributed by atoms with Crippen LogP contribution < -0.4 is 4.74 Å². The van der Waals surface area contributed by atoms with E-state index in [1.165, 1.54) is 0 Å². The summed E-state index contributed by atoms with van der Waals surface area (Å²) in [6.45, 7) is 2.12. The second-order valence-electron chi connectivity index (χ2n) is 5.81. The Kier molecular flexibility index (Phi) is 4.96. The van der Waals surface area contributed by atoms with E-state index in [0.29, 0.717) is 24.8 Å². The fraction of sp³-hybridized carbons (Fsp3) is 0.375. The van der Waals surface area contributed by atoms with Crippen molar-refractivity contribution in [1.29, 1.82) is 0 Å². The van der Waals surface area contributed by atoms with Gasteiger partial charge >= 0.3 is 0 Å². The Labute approximate surface area is 144 Å². The van der Waals surface area contributed by atoms with E-state index < -0.39 is 26.6 Å². The van der Waals surface area contributed by atoms with Crippen LogP contribution in [0.5, 0.6) is 5.88 Å². The summed E-state index contributed by atoms with van der Waals surface area (Å²) in [7, 11) is -4.08. The lowest BCUT2D eigenvalue weighted by molar-refractivity contribution is 0.128. The zero-order valence-electron chi connectivity index (χ0n) is 13.5. The van der Waals surface area contributed by atoms with Crippen LogP contribution in [0.3, 0.4) is 0 Å². The number of halogens is 2. The molecule has 0 amide bonds. The molecule has 1 fully saturated rings. The predicted octanol–water partition coefficient (Wildman–Crippen LogP) is 2.30. The molecule has 0 aliphatic carbocycles. The number of sulfonamides is 1. The maximum absolute atomic E-state index is 13.8. The fourth-order valence-electron chi connectivity index (χ4n) is 2.62. The monoisotopic (exact) mass is 369 g/mol. The lowest BCUT2D eigenvalue weighted by atomic mass is 10.1. The van der Waals surface area contributed by atoms with Gasteiger partial charge in [-0.15, -0.1) is 5.10 Å². The molecule has 0 unspecified atom stereocenters. The van der Waals surface area contributed by atoms with Crippen molar-refractivity contribution in [3.05, 3.63) is 47.7 Å². The number of aryl methyl sites for hydroxylation is 1. The van der Waals surface area contributed by atoms with Gasteiger partial charge in [0.2, 0.25) is 15.9 Å². The van der Waals surface area contributed by atoms with E-state index in [4.69, 9.17) is 4.74 Å². The van der Waals surface area contributed by atoms with Gasteiger partial charge < -0.3 is 4.74 Å². The maximum Gasteiger partial charge on any atom is 0.246 e. The van der Waals surface area contributed by atoms with Crippen LogP contribution in [-0.2, 0) is 10.0 Å². The van der Waals surface area contributed by atoms with Gasteiger partial charge in [-0.25, -0.2) is 17.2 Å². The molecule has 3 rings (SSSR count). The first kappa shape index (κ1) is 17.7. The highest BCUT2D eigenvalue weighted by Crippen LogP contribution is 2.25. The molecule has 2 aromatic rings. The summed E-state index contributed by atoms with van der Waals surface area (Å²) in [6.07, 6.45) is 0.637. The molecule has 25 heavy (non-hydrogen) atoms. The fourth-order valence-corrected chi connectivity index (χ4v) is 4.17. The lowest BCUT2D eigenvalue weighted by Crippen LogP contribution is -2.42. The molecular weight excluding hydrogens is 352 g/mol. The second kappa shape index (κ2) is 7.01. The average Bonchev–Trinajstić information content (AvgIpc) is 2.59. The molecule has 0 radical (unpaired) electrons. The second-order valence-corrected chi connectivity index (χ2v) is 7.72. The van der Waals surface area contributed by atoms with Crippen molar-refractivity contribution in [3.8, 4) is 5.88 Å². The zero-order valence-corrected chi connectivity index (χ0v) is 14.3. The number of hydrogen-bond donors (Lipinski definition) is 0. The summed E-state index contributed by atoms with van der Waals surface area (Å²) < 4.78 is 59.0. The van der Waals surface area contributed by atoms with Gasteiger partial charge in [0.25, 0.3) is 0 Å². The Balaban J connectivity index is 1.67. The Morgan fingerprint density at radius 1 is 1.12 bits per heavy atom. The number of piperidine rings is 1. The number of rotatable bonds is 4. The minimum absolute atomic E-state index is 0.155. The van der Waals surface area contributed by atoms with E-state index in [1.807, 2.05) is 6.92 Å². The highest BCUT2D eigenvalue weighted by Gasteiger charge is 2.32. The van der Waals surface area contributed by atoms with E-state index in [0.717, 1.165) is 22.1 Å². The van der Waals surface area contributed by atoms with Crippen molar-refractivity contribution in [3.63, 3.8) is 0 Å². The number of ether oxygens (including phenoxy) is 1. The molecule has 1 aliphatic rings. The Morgan fingerprint density at radius 3 is 2.48 bits per heavy atom. The topological polar surface area (TPSA) is 72.4 Å². The summed E-state index contributed by atoms with van der Waals surface area (Å²) in [4.78, 5) is -0.642. The van der Waals surface area contributed by atoms with Crippen LogP contribution in [0.25, 0.3) is 0 Å². The minimum Gasteiger partial charge on any atom is -0.473 e. The zero-order chi connectivity index (χ0) is 18.0. The van der Waals surface area contributed by atoms with E-state index in [-0.39, 0.29) is 19.2 Å². The minimum atomic E-state index is -4.08. The molecule has 9 heteroatoms. The van der Waals surface area contributed by atoms with Crippen LogP contribution in [0.2, 0.25) is 0 Å². The summed E-state index contributed by atoms with van der Waals surface area (Å²) in [5, 5.41) is 7.81. The molecule has 1 saturated heterocycles. The van der Waals surface area contributed by atoms with Gasteiger partial charge in [0.05, 0.1) is 5.69 Å². The van der Waals surface area contributed by atoms with Gasteiger partial charge in [0, 0.05) is 19.2 Å². The number of benzene rings is 1. The van der Waals surface area contributed by atoms with E-state index in [1.54, 1.807) is 12.1 Å². The van der Waals surface area contributed by atoms with Crippen molar-refractivity contribution in [2.45, 2.75) is 30.8 Å². The van der Waals surface area contributed by atoms with Gasteiger partial charge in [0.1, 0.15) is 22.6 Å². The molecular formula is C16H17F2N3O3S. The summed E-state index contributed by atoms with van der Waals surface area (Å²) in [6, 6.07) is 5.88. The predicted molar refractivity (Wildman–Crippen MR) is 85.5 cm³/mol. The largest absolute Gasteiger partial charge is 0.473 e. The first-order valence-electron chi connectivity index (χ1n) is 7.78. The van der Waals surface area contributed by atoms with Gasteiger partial charge in [-0.3, -0.25) is 0 Å². The van der Waals surface area contributed by atoms with Crippen LogP contribution >= 0.6 is 0 Å². The van der Waals surface area contributed by atoms with Gasteiger partial charge in [-0.1, -0.05) is 0 Å². The summed E-state index contributed by atoms with van der Waals surface area (Å²) in [5.74, 6) is -1.38. The first-order chi connectivity index (χ1) is 11.9. The third-order valence-electron chi connectivity index (χ3n) is 3.97. The molecule has 0 bridgehead atoms. The lowest BCUT2D eigenvalue weighted by Gasteiger charge is -2.31. The average molecular weight is 369 g/mol. The van der Waals surface area contributed by atoms with E-state index in [9.17, 15) is 17.2 Å². The van der Waals surface area contributed by atoms with Crippen LogP contribution in [0.4, 0.5) is 8.78 Å².